The van der Waals surface area contributed by atoms with Gasteiger partial charge in [0.05, 0.1) is 5.69 Å². The van der Waals surface area contributed by atoms with Gasteiger partial charge in [0.15, 0.2) is 5.78 Å². The molecule has 0 aliphatic heterocycles. The number of hydrogen-bond acceptors (Lipinski definition) is 3. The molecule has 0 spiro atoms. The predicted molar refractivity (Wildman–Crippen MR) is 76.6 cm³/mol. The summed E-state index contributed by atoms with van der Waals surface area (Å²) in [5, 5.41) is 1.05. The number of Topliss-reactive ketones (excluding diaryl/α,β-unsaturated/α-hetero) is 1. The topological polar surface area (TPSA) is 56.0 Å². The normalized spacial score (nSPS) is 10.5. The first-order valence-corrected chi connectivity index (χ1v) is 6.48. The summed E-state index contributed by atoms with van der Waals surface area (Å²) < 4.78 is 0. The van der Waals surface area contributed by atoms with Gasteiger partial charge in [-0.15, -0.1) is 0 Å². The van der Waals surface area contributed by atoms with E-state index in [-0.39, 0.29) is 12.2 Å². The van der Waals surface area contributed by atoms with Crippen LogP contribution in [0.3, 0.4) is 0 Å². The second kappa shape index (κ2) is 6.15. The third kappa shape index (κ3) is 3.53. The van der Waals surface area contributed by atoms with Crippen LogP contribution in [0.2, 0.25) is 10.0 Å². The lowest BCUT2D eigenvalue weighted by Crippen LogP contribution is -2.07. The SMILES string of the molecule is NCc1cc(C(=O)Cc2ccc(Cl)cc2Cl)ccn1. The zero-order valence-electron chi connectivity index (χ0n) is 10.1. The third-order valence-electron chi connectivity index (χ3n) is 2.71. The molecule has 1 aromatic heterocycles. The monoisotopic (exact) mass is 294 g/mol. The lowest BCUT2D eigenvalue weighted by molar-refractivity contribution is 0.0993. The average molecular weight is 295 g/mol. The lowest BCUT2D eigenvalue weighted by atomic mass is 10.0. The summed E-state index contributed by atoms with van der Waals surface area (Å²) in [6, 6.07) is 8.47. The number of pyridine rings is 1. The molecule has 0 bridgehead atoms. The van der Waals surface area contributed by atoms with E-state index in [0.717, 1.165) is 5.56 Å². The van der Waals surface area contributed by atoms with Crippen molar-refractivity contribution in [2.24, 2.45) is 5.73 Å². The van der Waals surface area contributed by atoms with E-state index in [2.05, 4.69) is 4.98 Å². The summed E-state index contributed by atoms with van der Waals surface area (Å²) >= 11 is 11.9. The molecule has 1 aromatic carbocycles. The molecular weight excluding hydrogens is 283 g/mol. The van der Waals surface area contributed by atoms with Crippen LogP contribution in [0, 0.1) is 0 Å². The van der Waals surface area contributed by atoms with E-state index < -0.39 is 0 Å². The number of nitrogens with zero attached hydrogens (tertiary/aromatic N) is 1. The maximum absolute atomic E-state index is 12.2. The zero-order chi connectivity index (χ0) is 13.8. The Labute approximate surface area is 121 Å². The van der Waals surface area contributed by atoms with Gasteiger partial charge in [-0.05, 0) is 29.8 Å². The van der Waals surface area contributed by atoms with Gasteiger partial charge in [-0.2, -0.15) is 0 Å². The van der Waals surface area contributed by atoms with E-state index in [1.165, 1.54) is 0 Å². The second-order valence-electron chi connectivity index (χ2n) is 4.08. The quantitative estimate of drug-likeness (QED) is 0.881. The Bertz CT molecular complexity index is 614. The first-order chi connectivity index (χ1) is 9.10. The van der Waals surface area contributed by atoms with Crippen molar-refractivity contribution in [1.29, 1.82) is 0 Å². The number of carbonyl (C=O) groups is 1. The fourth-order valence-electron chi connectivity index (χ4n) is 1.70. The van der Waals surface area contributed by atoms with Gasteiger partial charge in [0.2, 0.25) is 0 Å². The summed E-state index contributed by atoms with van der Waals surface area (Å²) in [4.78, 5) is 16.2. The molecule has 5 heteroatoms. The number of rotatable bonds is 4. The summed E-state index contributed by atoms with van der Waals surface area (Å²) in [7, 11) is 0. The standard InChI is InChI=1S/C14H12Cl2N2O/c15-11-2-1-9(13(16)7-11)6-14(19)10-3-4-18-12(5-10)8-17/h1-5,7H,6,8,17H2. The number of carbonyl (C=O) groups excluding carboxylic acids is 1. The molecule has 2 rings (SSSR count). The van der Waals surface area contributed by atoms with Crippen LogP contribution in [0.25, 0.3) is 0 Å². The fourth-order valence-corrected chi connectivity index (χ4v) is 2.18. The van der Waals surface area contributed by atoms with Crippen LogP contribution in [-0.2, 0) is 13.0 Å². The molecule has 2 N–H and O–H groups in total. The Kier molecular flexibility index (Phi) is 4.53. The smallest absolute Gasteiger partial charge is 0.167 e. The molecule has 0 atom stereocenters. The first-order valence-electron chi connectivity index (χ1n) is 5.72. The molecule has 2 aromatic rings. The minimum atomic E-state index is -0.0266. The minimum Gasteiger partial charge on any atom is -0.325 e. The number of benzene rings is 1. The lowest BCUT2D eigenvalue weighted by Gasteiger charge is -2.05. The Hall–Kier alpha value is -1.42. The molecular formula is C14H12Cl2N2O. The summed E-state index contributed by atoms with van der Waals surface area (Å²) in [5.41, 5.74) is 7.53. The number of hydrogen-bond donors (Lipinski definition) is 1. The zero-order valence-corrected chi connectivity index (χ0v) is 11.6. The number of ketones is 1. The number of halogens is 2. The molecule has 0 fully saturated rings. The minimum absolute atomic E-state index is 0.0266. The molecule has 3 nitrogen and oxygen atoms in total. The van der Waals surface area contributed by atoms with Gasteiger partial charge in [0.25, 0.3) is 0 Å². The highest BCUT2D eigenvalue weighted by Crippen LogP contribution is 2.22. The van der Waals surface area contributed by atoms with Crippen molar-refractivity contribution < 1.29 is 4.79 Å². The highest BCUT2D eigenvalue weighted by atomic mass is 35.5. The van der Waals surface area contributed by atoms with Crippen molar-refractivity contribution in [3.8, 4) is 0 Å². The van der Waals surface area contributed by atoms with Crippen LogP contribution >= 0.6 is 23.2 Å². The molecule has 98 valence electrons. The van der Waals surface area contributed by atoms with Crippen LogP contribution < -0.4 is 5.73 Å². The van der Waals surface area contributed by atoms with Gasteiger partial charge in [-0.1, -0.05) is 29.3 Å². The van der Waals surface area contributed by atoms with E-state index >= 15 is 0 Å². The largest absolute Gasteiger partial charge is 0.325 e. The average Bonchev–Trinajstić information content (AvgIpc) is 2.42. The molecule has 0 aliphatic carbocycles. The van der Waals surface area contributed by atoms with Crippen molar-refractivity contribution >= 4 is 29.0 Å². The van der Waals surface area contributed by atoms with Crippen molar-refractivity contribution in [2.75, 3.05) is 0 Å². The number of nitrogens with two attached hydrogens (primary N) is 1. The third-order valence-corrected chi connectivity index (χ3v) is 3.30. The van der Waals surface area contributed by atoms with E-state index in [9.17, 15) is 4.79 Å². The molecule has 0 saturated carbocycles. The highest BCUT2D eigenvalue weighted by molar-refractivity contribution is 6.35. The first kappa shape index (κ1) is 14.0. The highest BCUT2D eigenvalue weighted by Gasteiger charge is 2.10. The molecule has 0 aliphatic rings. The van der Waals surface area contributed by atoms with Gasteiger partial charge >= 0.3 is 0 Å². The van der Waals surface area contributed by atoms with E-state index in [1.807, 2.05) is 0 Å². The summed E-state index contributed by atoms with van der Waals surface area (Å²) in [6.45, 7) is 0.308. The molecule has 0 amide bonds. The van der Waals surface area contributed by atoms with E-state index in [0.29, 0.717) is 27.8 Å². The van der Waals surface area contributed by atoms with Crippen molar-refractivity contribution in [3.05, 3.63) is 63.4 Å². The molecule has 0 saturated heterocycles. The van der Waals surface area contributed by atoms with E-state index in [1.54, 1.807) is 36.5 Å². The van der Waals surface area contributed by atoms with Crippen molar-refractivity contribution in [3.63, 3.8) is 0 Å². The van der Waals surface area contributed by atoms with Gasteiger partial charge in [0, 0.05) is 34.8 Å². The second-order valence-corrected chi connectivity index (χ2v) is 4.92. The van der Waals surface area contributed by atoms with E-state index in [4.69, 9.17) is 28.9 Å². The van der Waals surface area contributed by atoms with Crippen LogP contribution in [0.4, 0.5) is 0 Å². The van der Waals surface area contributed by atoms with Crippen LogP contribution in [-0.4, -0.2) is 10.8 Å². The summed E-state index contributed by atoms with van der Waals surface area (Å²) in [5.74, 6) is -0.0266. The molecule has 1 heterocycles. The Morgan fingerprint density at radius 2 is 2.00 bits per heavy atom. The van der Waals surface area contributed by atoms with Gasteiger partial charge in [-0.3, -0.25) is 9.78 Å². The Morgan fingerprint density at radius 3 is 2.68 bits per heavy atom. The number of aromatic nitrogens is 1. The molecule has 0 unspecified atom stereocenters. The van der Waals surface area contributed by atoms with Crippen LogP contribution in [0.1, 0.15) is 21.6 Å². The maximum Gasteiger partial charge on any atom is 0.167 e. The van der Waals surface area contributed by atoms with Gasteiger partial charge in [0.1, 0.15) is 0 Å². The maximum atomic E-state index is 12.2. The fraction of sp³-hybridized carbons (Fsp3) is 0.143. The predicted octanol–water partition coefficient (Wildman–Crippen LogP) is 3.27. The van der Waals surface area contributed by atoms with Crippen molar-refractivity contribution in [1.82, 2.24) is 4.98 Å². The summed E-state index contributed by atoms with van der Waals surface area (Å²) in [6.07, 6.45) is 1.81. The van der Waals surface area contributed by atoms with Gasteiger partial charge < -0.3 is 5.73 Å². The Morgan fingerprint density at radius 1 is 1.21 bits per heavy atom. The Balaban J connectivity index is 2.20. The van der Waals surface area contributed by atoms with Crippen LogP contribution in [0.15, 0.2) is 36.5 Å². The molecule has 0 radical (unpaired) electrons. The van der Waals surface area contributed by atoms with Gasteiger partial charge in [-0.25, -0.2) is 0 Å². The van der Waals surface area contributed by atoms with Crippen molar-refractivity contribution in [2.45, 2.75) is 13.0 Å². The van der Waals surface area contributed by atoms with Crippen LogP contribution in [0.5, 0.6) is 0 Å². The molecule has 19 heavy (non-hydrogen) atoms.